The summed E-state index contributed by atoms with van der Waals surface area (Å²) in [5.41, 5.74) is 3.01. The second-order valence-corrected chi connectivity index (χ2v) is 9.63. The number of allylic oxidation sites excluding steroid dienone is 2. The van der Waals surface area contributed by atoms with Crippen LogP contribution in [0.5, 0.6) is 5.75 Å². The smallest absolute Gasteiger partial charge is 0.315 e. The Morgan fingerprint density at radius 1 is 1.17 bits per heavy atom. The van der Waals surface area contributed by atoms with Gasteiger partial charge >= 0.3 is 5.97 Å². The lowest BCUT2D eigenvalue weighted by Crippen LogP contribution is -2.40. The fraction of sp³-hybridized carbons (Fsp3) is 0.560. The van der Waals surface area contributed by atoms with E-state index in [4.69, 9.17) is 14.5 Å². The topological polar surface area (TPSA) is 65.0 Å². The first-order valence-electron chi connectivity index (χ1n) is 10.9. The minimum Gasteiger partial charge on any atom is -0.497 e. The second-order valence-electron chi connectivity index (χ2n) is 9.63. The molecule has 1 aromatic carbocycles. The Bertz CT molecular complexity index is 921. The third-order valence-electron chi connectivity index (χ3n) is 6.59. The highest BCUT2D eigenvalue weighted by Gasteiger charge is 2.46. The maximum Gasteiger partial charge on any atom is 0.315 e. The molecule has 0 bridgehead atoms. The summed E-state index contributed by atoms with van der Waals surface area (Å²) in [6, 6.07) is 7.68. The molecule has 5 heteroatoms. The number of hydrogen-bond acceptors (Lipinski definition) is 5. The van der Waals surface area contributed by atoms with Crippen molar-refractivity contribution >= 4 is 17.5 Å². The molecule has 0 aromatic heterocycles. The molecule has 3 aliphatic rings. The average Bonchev–Trinajstić information content (AvgIpc) is 3.18. The number of ketones is 1. The number of carbonyl (C=O) groups is 2. The Morgan fingerprint density at radius 3 is 2.60 bits per heavy atom. The quantitative estimate of drug-likeness (QED) is 0.657. The van der Waals surface area contributed by atoms with Crippen LogP contribution in [0, 0.1) is 11.3 Å². The van der Waals surface area contributed by atoms with Crippen molar-refractivity contribution < 1.29 is 19.1 Å². The number of nitrogens with zero attached hydrogens (tertiary/aromatic N) is 1. The number of aliphatic imine (C=N–C) groups is 1. The lowest BCUT2D eigenvalue weighted by atomic mass is 9.67. The molecule has 160 valence electrons. The number of ether oxygens (including phenoxy) is 2. The summed E-state index contributed by atoms with van der Waals surface area (Å²) in [6.07, 6.45) is 5.20. The molecule has 1 unspecified atom stereocenters. The minimum atomic E-state index is -0.582. The van der Waals surface area contributed by atoms with Gasteiger partial charge in [0.2, 0.25) is 0 Å². The molecular weight excluding hydrogens is 378 g/mol. The zero-order valence-corrected chi connectivity index (χ0v) is 18.4. The van der Waals surface area contributed by atoms with E-state index < -0.39 is 5.92 Å². The van der Waals surface area contributed by atoms with Gasteiger partial charge in [-0.15, -0.1) is 0 Å². The van der Waals surface area contributed by atoms with Crippen LogP contribution in [0.3, 0.4) is 0 Å². The van der Waals surface area contributed by atoms with Crippen LogP contribution in [-0.2, 0) is 14.3 Å². The highest BCUT2D eigenvalue weighted by molar-refractivity contribution is 6.09. The van der Waals surface area contributed by atoms with Crippen molar-refractivity contribution in [3.05, 3.63) is 41.1 Å². The predicted octanol–water partition coefficient (Wildman–Crippen LogP) is 5.00. The Labute approximate surface area is 178 Å². The molecule has 30 heavy (non-hydrogen) atoms. The average molecular weight is 410 g/mol. The first kappa shape index (κ1) is 20.8. The fourth-order valence-corrected chi connectivity index (χ4v) is 5.19. The van der Waals surface area contributed by atoms with Crippen LogP contribution in [-0.4, -0.2) is 30.7 Å². The molecule has 1 aliphatic heterocycles. The first-order chi connectivity index (χ1) is 14.3. The van der Waals surface area contributed by atoms with E-state index in [0.29, 0.717) is 17.7 Å². The van der Waals surface area contributed by atoms with E-state index in [1.54, 1.807) is 7.11 Å². The molecule has 1 aromatic rings. The van der Waals surface area contributed by atoms with Crippen molar-refractivity contribution in [2.45, 2.75) is 71.3 Å². The molecule has 2 atom stereocenters. The number of benzene rings is 1. The molecule has 0 amide bonds. The summed E-state index contributed by atoms with van der Waals surface area (Å²) in [5, 5.41) is 0. The number of Topliss-reactive ketones (excluding diaryl/α,β-unsaturated/α-hetero) is 1. The summed E-state index contributed by atoms with van der Waals surface area (Å²) in [4.78, 5) is 31.4. The third-order valence-corrected chi connectivity index (χ3v) is 6.59. The molecule has 1 heterocycles. The van der Waals surface area contributed by atoms with E-state index in [1.165, 1.54) is 0 Å². The molecule has 2 aliphatic carbocycles. The molecular formula is C25H31NO4. The Morgan fingerprint density at radius 2 is 1.90 bits per heavy atom. The van der Waals surface area contributed by atoms with Crippen LogP contribution in [0.2, 0.25) is 0 Å². The molecule has 0 saturated heterocycles. The number of esters is 1. The zero-order valence-electron chi connectivity index (χ0n) is 18.4. The van der Waals surface area contributed by atoms with Gasteiger partial charge in [-0.05, 0) is 62.1 Å². The third kappa shape index (κ3) is 3.94. The highest BCUT2D eigenvalue weighted by atomic mass is 16.5. The summed E-state index contributed by atoms with van der Waals surface area (Å²) < 4.78 is 11.3. The molecule has 0 N–H and O–H groups in total. The van der Waals surface area contributed by atoms with Gasteiger partial charge in [-0.25, -0.2) is 0 Å². The number of methoxy groups -OCH3 is 1. The standard InChI is InChI=1S/C25H31NO4/c1-15-21(24(28)30-17-9-5-6-10-17)22(16-8-7-11-18(12-16)29-4)23-19(26-15)13-25(2,3)14-20(23)27/h7-8,11-12,17,21-22H,5-6,9-10,13-14H2,1-4H3/t21?,22-/m1/s1. The SMILES string of the molecule is COc1cccc([C@H]2C3=C(CC(C)(C)CC3=O)N=C(C)C2C(=O)OC2CCCC2)c1. The molecule has 0 spiro atoms. The van der Waals surface area contributed by atoms with Gasteiger partial charge in [0.15, 0.2) is 5.78 Å². The van der Waals surface area contributed by atoms with E-state index in [0.717, 1.165) is 49.1 Å². The fourth-order valence-electron chi connectivity index (χ4n) is 5.19. The van der Waals surface area contributed by atoms with Crippen molar-refractivity contribution in [3.8, 4) is 5.75 Å². The number of rotatable bonds is 4. The normalized spacial score (nSPS) is 26.3. The van der Waals surface area contributed by atoms with Crippen LogP contribution in [0.4, 0.5) is 0 Å². The highest BCUT2D eigenvalue weighted by Crippen LogP contribution is 2.48. The van der Waals surface area contributed by atoms with Crippen LogP contribution < -0.4 is 4.74 Å². The molecule has 4 rings (SSSR count). The largest absolute Gasteiger partial charge is 0.497 e. The summed E-state index contributed by atoms with van der Waals surface area (Å²) >= 11 is 0. The van der Waals surface area contributed by atoms with Crippen molar-refractivity contribution in [1.82, 2.24) is 0 Å². The number of carbonyl (C=O) groups excluding carboxylic acids is 2. The minimum absolute atomic E-state index is 0.0207. The van der Waals surface area contributed by atoms with E-state index >= 15 is 0 Å². The molecule has 5 nitrogen and oxygen atoms in total. The van der Waals surface area contributed by atoms with Gasteiger partial charge in [-0.3, -0.25) is 14.6 Å². The van der Waals surface area contributed by atoms with Crippen LogP contribution in [0.1, 0.15) is 70.8 Å². The zero-order chi connectivity index (χ0) is 21.5. The summed E-state index contributed by atoms with van der Waals surface area (Å²) in [7, 11) is 1.62. The molecule has 0 radical (unpaired) electrons. The van der Waals surface area contributed by atoms with Crippen LogP contribution >= 0.6 is 0 Å². The van der Waals surface area contributed by atoms with Crippen LogP contribution in [0.25, 0.3) is 0 Å². The van der Waals surface area contributed by atoms with Gasteiger partial charge in [0.05, 0.1) is 7.11 Å². The lowest BCUT2D eigenvalue weighted by molar-refractivity contribution is -0.151. The monoisotopic (exact) mass is 409 g/mol. The predicted molar refractivity (Wildman–Crippen MR) is 116 cm³/mol. The van der Waals surface area contributed by atoms with E-state index in [1.807, 2.05) is 31.2 Å². The van der Waals surface area contributed by atoms with Gasteiger partial charge in [0.25, 0.3) is 0 Å². The van der Waals surface area contributed by atoms with Crippen LogP contribution in [0.15, 0.2) is 40.5 Å². The second kappa shape index (κ2) is 8.01. The molecule has 1 fully saturated rings. The van der Waals surface area contributed by atoms with Gasteiger partial charge in [-0.1, -0.05) is 26.0 Å². The van der Waals surface area contributed by atoms with E-state index in [2.05, 4.69) is 13.8 Å². The Balaban J connectivity index is 1.79. The lowest BCUT2D eigenvalue weighted by Gasteiger charge is -2.39. The van der Waals surface area contributed by atoms with E-state index in [-0.39, 0.29) is 29.2 Å². The van der Waals surface area contributed by atoms with Crippen molar-refractivity contribution in [1.29, 1.82) is 0 Å². The van der Waals surface area contributed by atoms with Gasteiger partial charge in [0, 0.05) is 29.3 Å². The van der Waals surface area contributed by atoms with Gasteiger partial charge in [0.1, 0.15) is 17.8 Å². The first-order valence-corrected chi connectivity index (χ1v) is 10.9. The molecule has 1 saturated carbocycles. The Hall–Kier alpha value is -2.43. The number of hydrogen-bond donors (Lipinski definition) is 0. The summed E-state index contributed by atoms with van der Waals surface area (Å²) in [5.74, 6) is -0.433. The Kier molecular flexibility index (Phi) is 5.56. The summed E-state index contributed by atoms with van der Waals surface area (Å²) in [6.45, 7) is 6.09. The van der Waals surface area contributed by atoms with Crippen molar-refractivity contribution in [2.75, 3.05) is 7.11 Å². The van der Waals surface area contributed by atoms with Gasteiger partial charge in [-0.2, -0.15) is 0 Å². The van der Waals surface area contributed by atoms with Crippen molar-refractivity contribution in [3.63, 3.8) is 0 Å². The van der Waals surface area contributed by atoms with Crippen molar-refractivity contribution in [2.24, 2.45) is 16.3 Å². The van der Waals surface area contributed by atoms with Gasteiger partial charge < -0.3 is 9.47 Å². The van der Waals surface area contributed by atoms with E-state index in [9.17, 15) is 9.59 Å². The maximum atomic E-state index is 13.3. The maximum absolute atomic E-state index is 13.3.